The average Bonchev–Trinajstić information content (AvgIpc) is 3.32. The number of carboxylic acids is 1. The molecule has 0 radical (unpaired) electrons. The first-order valence-electron chi connectivity index (χ1n) is 12.6. The van der Waals surface area contributed by atoms with Gasteiger partial charge in [0.25, 0.3) is 0 Å². The number of rotatable bonds is 14. The first-order valence-corrected chi connectivity index (χ1v) is 12.6. The molecule has 13 heteroatoms. The van der Waals surface area contributed by atoms with Crippen molar-refractivity contribution in [1.82, 2.24) is 20.5 Å². The Labute approximate surface area is 230 Å². The van der Waals surface area contributed by atoms with Crippen LogP contribution in [-0.2, 0) is 33.9 Å². The van der Waals surface area contributed by atoms with E-state index in [-0.39, 0.29) is 44.3 Å². The maximum atomic E-state index is 13.8. The number of nitrogens with one attached hydrogen (secondary N) is 3. The van der Waals surface area contributed by atoms with Crippen LogP contribution in [0.3, 0.4) is 0 Å². The minimum absolute atomic E-state index is 0.0151. The highest BCUT2D eigenvalue weighted by molar-refractivity contribution is 5.92. The Morgan fingerprint density at radius 3 is 2.35 bits per heavy atom. The lowest BCUT2D eigenvalue weighted by atomic mass is 10.0. The van der Waals surface area contributed by atoms with Crippen molar-refractivity contribution in [1.29, 1.82) is 0 Å². The number of aromatic amines is 1. The molecule has 13 nitrogen and oxygen atoms in total. The zero-order chi connectivity index (χ0) is 29.1. The van der Waals surface area contributed by atoms with Gasteiger partial charge in [0, 0.05) is 36.7 Å². The van der Waals surface area contributed by atoms with E-state index in [0.29, 0.717) is 6.42 Å². The van der Waals surface area contributed by atoms with Gasteiger partial charge < -0.3 is 42.8 Å². The van der Waals surface area contributed by atoms with Crippen LogP contribution in [0.25, 0.3) is 10.9 Å². The predicted molar refractivity (Wildman–Crippen MR) is 150 cm³/mol. The highest BCUT2D eigenvalue weighted by Gasteiger charge is 2.30. The zero-order valence-corrected chi connectivity index (χ0v) is 21.9. The number of guanidine groups is 1. The Morgan fingerprint density at radius 2 is 1.68 bits per heavy atom. The molecule has 212 valence electrons. The number of benzene rings is 2. The number of aromatic nitrogens is 1. The van der Waals surface area contributed by atoms with Crippen LogP contribution in [-0.4, -0.2) is 63.9 Å². The molecular formula is C27H34N8O5. The van der Waals surface area contributed by atoms with E-state index in [1.54, 1.807) is 30.5 Å². The number of primary amides is 1. The summed E-state index contributed by atoms with van der Waals surface area (Å²) in [7, 11) is 0. The lowest BCUT2D eigenvalue weighted by Gasteiger charge is -2.31. The molecule has 40 heavy (non-hydrogen) atoms. The van der Waals surface area contributed by atoms with Gasteiger partial charge in [-0.05, 0) is 35.6 Å². The summed E-state index contributed by atoms with van der Waals surface area (Å²) in [6.45, 7) is -0.0334. The van der Waals surface area contributed by atoms with E-state index >= 15 is 0 Å². The van der Waals surface area contributed by atoms with Gasteiger partial charge in [0.1, 0.15) is 12.6 Å². The summed E-state index contributed by atoms with van der Waals surface area (Å²) < 4.78 is 0. The van der Waals surface area contributed by atoms with Gasteiger partial charge in [-0.15, -0.1) is 0 Å². The minimum atomic E-state index is -1.20. The second-order valence-electron chi connectivity index (χ2n) is 9.17. The topological polar surface area (TPSA) is 222 Å². The van der Waals surface area contributed by atoms with Gasteiger partial charge in [0.05, 0.1) is 6.42 Å². The minimum Gasteiger partial charge on any atom is -0.480 e. The largest absolute Gasteiger partial charge is 0.480 e. The summed E-state index contributed by atoms with van der Waals surface area (Å²) in [6.07, 6.45) is 2.35. The highest BCUT2D eigenvalue weighted by atomic mass is 16.4. The quantitative estimate of drug-likeness (QED) is 0.0856. The summed E-state index contributed by atoms with van der Waals surface area (Å²) in [5.41, 5.74) is 19.1. The maximum Gasteiger partial charge on any atom is 0.322 e. The average molecular weight is 551 g/mol. The van der Waals surface area contributed by atoms with Crippen molar-refractivity contribution in [2.45, 2.75) is 38.4 Å². The van der Waals surface area contributed by atoms with Crippen molar-refractivity contribution in [2.75, 3.05) is 13.1 Å². The molecule has 10 N–H and O–H groups in total. The van der Waals surface area contributed by atoms with Gasteiger partial charge in [0.2, 0.25) is 11.8 Å². The van der Waals surface area contributed by atoms with Crippen molar-refractivity contribution < 1.29 is 24.3 Å². The Bertz CT molecular complexity index is 1360. The van der Waals surface area contributed by atoms with E-state index in [1.807, 2.05) is 24.3 Å². The van der Waals surface area contributed by atoms with E-state index < -0.39 is 30.5 Å². The number of aliphatic imine (C=N–C) groups is 1. The Balaban J connectivity index is 1.90. The number of aliphatic carboxylic acids is 1. The Morgan fingerprint density at radius 1 is 0.975 bits per heavy atom. The lowest BCUT2D eigenvalue weighted by Crippen LogP contribution is -2.50. The third kappa shape index (κ3) is 8.75. The first-order chi connectivity index (χ1) is 19.1. The maximum absolute atomic E-state index is 13.8. The summed E-state index contributed by atoms with van der Waals surface area (Å²) in [5.74, 6) is -2.21. The molecule has 0 aliphatic carbocycles. The molecule has 4 amide bonds. The van der Waals surface area contributed by atoms with Crippen LogP contribution in [0.5, 0.6) is 0 Å². The molecule has 0 spiro atoms. The molecule has 2 aromatic carbocycles. The molecule has 1 atom stereocenters. The number of carboxylic acid groups (broad SMARTS) is 1. The van der Waals surface area contributed by atoms with Crippen molar-refractivity contribution in [3.63, 3.8) is 0 Å². The summed E-state index contributed by atoms with van der Waals surface area (Å²) in [4.78, 5) is 57.7. The fourth-order valence-electron chi connectivity index (χ4n) is 4.26. The van der Waals surface area contributed by atoms with E-state index in [2.05, 4.69) is 20.6 Å². The second-order valence-corrected chi connectivity index (χ2v) is 9.17. The van der Waals surface area contributed by atoms with Crippen LogP contribution in [0.2, 0.25) is 0 Å². The lowest BCUT2D eigenvalue weighted by molar-refractivity contribution is -0.142. The van der Waals surface area contributed by atoms with E-state index in [4.69, 9.17) is 22.3 Å². The fraction of sp³-hybridized carbons (Fsp3) is 0.296. The molecule has 0 unspecified atom stereocenters. The van der Waals surface area contributed by atoms with Crippen LogP contribution in [0.1, 0.15) is 29.5 Å². The number of para-hydroxylation sites is 1. The number of carbonyl (C=O) groups is 4. The number of carbonyl (C=O) groups excluding carboxylic acids is 3. The van der Waals surface area contributed by atoms with E-state index in [9.17, 15) is 19.2 Å². The molecule has 1 aromatic heterocycles. The van der Waals surface area contributed by atoms with Crippen LogP contribution in [0, 0.1) is 0 Å². The van der Waals surface area contributed by atoms with Crippen molar-refractivity contribution in [3.8, 4) is 0 Å². The molecule has 0 saturated heterocycles. The van der Waals surface area contributed by atoms with Crippen LogP contribution in [0.4, 0.5) is 4.79 Å². The fourth-order valence-corrected chi connectivity index (χ4v) is 4.26. The van der Waals surface area contributed by atoms with Gasteiger partial charge in [-0.3, -0.25) is 19.4 Å². The number of amides is 4. The van der Waals surface area contributed by atoms with Crippen LogP contribution >= 0.6 is 0 Å². The summed E-state index contributed by atoms with van der Waals surface area (Å²) in [5, 5.41) is 14.9. The smallest absolute Gasteiger partial charge is 0.322 e. The number of urea groups is 1. The molecule has 1 heterocycles. The molecule has 0 aliphatic heterocycles. The standard InChI is InChI=1S/C27H34N8O5/c28-26(29)31-11-3-6-22(25(39)33-15-24(37)38)35(16-18-9-7-17(8-10-18)13-34-27(30)40)23(36)12-19-14-32-21-5-2-1-4-20(19)21/h1-2,4-5,7-10,14,22,32H,3,6,11-13,15-16H2,(H,33,39)(H,37,38)(H4,28,29,31)(H3,30,34,40)/t22-/m1/s1. The second kappa shape index (κ2) is 14.2. The Kier molecular flexibility index (Phi) is 10.5. The molecule has 0 aliphatic rings. The van der Waals surface area contributed by atoms with E-state index in [1.165, 1.54) is 4.90 Å². The van der Waals surface area contributed by atoms with Gasteiger partial charge in [-0.2, -0.15) is 0 Å². The van der Waals surface area contributed by atoms with Crippen molar-refractivity contribution in [3.05, 3.63) is 71.4 Å². The van der Waals surface area contributed by atoms with Crippen LogP contribution in [0.15, 0.2) is 59.7 Å². The van der Waals surface area contributed by atoms with Gasteiger partial charge in [-0.1, -0.05) is 42.5 Å². The molecular weight excluding hydrogens is 516 g/mol. The normalized spacial score (nSPS) is 11.4. The van der Waals surface area contributed by atoms with Crippen molar-refractivity contribution >= 4 is 40.7 Å². The van der Waals surface area contributed by atoms with Gasteiger partial charge in [-0.25, -0.2) is 4.79 Å². The molecule has 0 saturated carbocycles. The highest BCUT2D eigenvalue weighted by Crippen LogP contribution is 2.21. The number of nitrogens with zero attached hydrogens (tertiary/aromatic N) is 2. The SMILES string of the molecule is NC(=O)NCc1ccc(CN(C(=O)Cc2c[nH]c3ccccc23)[C@H](CCCN=C(N)N)C(=O)NCC(=O)O)cc1. The number of H-pyrrole nitrogens is 1. The summed E-state index contributed by atoms with van der Waals surface area (Å²) in [6, 6.07) is 13.1. The third-order valence-electron chi connectivity index (χ3n) is 6.20. The number of fused-ring (bicyclic) bond motifs is 1. The van der Waals surface area contributed by atoms with Gasteiger partial charge >= 0.3 is 12.0 Å². The molecule has 3 rings (SSSR count). The Hall–Kier alpha value is -5.07. The number of nitrogens with two attached hydrogens (primary N) is 3. The summed E-state index contributed by atoms with van der Waals surface area (Å²) >= 11 is 0. The zero-order valence-electron chi connectivity index (χ0n) is 21.9. The van der Waals surface area contributed by atoms with Gasteiger partial charge in [0.15, 0.2) is 5.96 Å². The molecule has 0 fully saturated rings. The molecule has 0 bridgehead atoms. The third-order valence-corrected chi connectivity index (χ3v) is 6.20. The number of hydrogen-bond acceptors (Lipinski definition) is 5. The molecule has 3 aromatic rings. The monoisotopic (exact) mass is 550 g/mol. The van der Waals surface area contributed by atoms with Crippen LogP contribution < -0.4 is 27.8 Å². The van der Waals surface area contributed by atoms with Crippen molar-refractivity contribution in [2.24, 2.45) is 22.2 Å². The number of hydrogen-bond donors (Lipinski definition) is 7. The predicted octanol–water partition coefficient (Wildman–Crippen LogP) is 0.531. The first kappa shape index (κ1) is 29.5. The van der Waals surface area contributed by atoms with E-state index in [0.717, 1.165) is 27.6 Å².